The third kappa shape index (κ3) is 2.95. The van der Waals surface area contributed by atoms with Gasteiger partial charge < -0.3 is 4.57 Å². The Morgan fingerprint density at radius 1 is 0.457 bits per heavy atom. The van der Waals surface area contributed by atoms with Crippen LogP contribution in [0.2, 0.25) is 0 Å². The summed E-state index contributed by atoms with van der Waals surface area (Å²) in [5.41, 5.74) is 8.88. The van der Waals surface area contributed by atoms with Gasteiger partial charge in [-0.15, -0.1) is 0 Å². The smallest absolute Gasteiger partial charge is 0.0547 e. The van der Waals surface area contributed by atoms with Gasteiger partial charge in [-0.25, -0.2) is 0 Å². The van der Waals surface area contributed by atoms with Gasteiger partial charge in [0.05, 0.1) is 11.0 Å². The molecule has 0 atom stereocenters. The van der Waals surface area contributed by atoms with Crippen LogP contribution in [-0.2, 0) is 0 Å². The van der Waals surface area contributed by atoms with Crippen LogP contribution < -0.4 is 0 Å². The standard InChI is InChI=1S/C34H25N/c1-22-10-6-8-14-26(22)30-21-33-31(20-23(30)2)34-29-17-16-24-11-7-9-15-27(24)28(29)18-19-32(34)35(33)25-12-4-3-5-13-25/h3-21H,1-2H3. The first kappa shape index (κ1) is 20.1. The summed E-state index contributed by atoms with van der Waals surface area (Å²) >= 11 is 0. The van der Waals surface area contributed by atoms with Crippen molar-refractivity contribution in [1.82, 2.24) is 4.57 Å². The van der Waals surface area contributed by atoms with Gasteiger partial charge in [-0.2, -0.15) is 0 Å². The molecule has 6 aromatic carbocycles. The van der Waals surface area contributed by atoms with E-state index in [4.69, 9.17) is 0 Å². The number of benzene rings is 6. The van der Waals surface area contributed by atoms with Gasteiger partial charge in [0.2, 0.25) is 0 Å². The molecule has 1 heterocycles. The highest BCUT2D eigenvalue weighted by Crippen LogP contribution is 2.41. The number of fused-ring (bicyclic) bond motifs is 7. The molecule has 1 aromatic heterocycles. The number of aryl methyl sites for hydroxylation is 2. The molecule has 0 N–H and O–H groups in total. The largest absolute Gasteiger partial charge is 0.309 e. The monoisotopic (exact) mass is 447 g/mol. The van der Waals surface area contributed by atoms with E-state index in [1.165, 1.54) is 71.3 Å². The minimum atomic E-state index is 1.19. The maximum absolute atomic E-state index is 2.43. The van der Waals surface area contributed by atoms with Crippen molar-refractivity contribution < 1.29 is 0 Å². The Labute approximate surface area is 204 Å². The van der Waals surface area contributed by atoms with Crippen molar-refractivity contribution in [2.45, 2.75) is 13.8 Å². The highest BCUT2D eigenvalue weighted by Gasteiger charge is 2.18. The van der Waals surface area contributed by atoms with Crippen molar-refractivity contribution in [2.75, 3.05) is 0 Å². The number of rotatable bonds is 2. The highest BCUT2D eigenvalue weighted by molar-refractivity contribution is 6.25. The van der Waals surface area contributed by atoms with Crippen molar-refractivity contribution in [3.8, 4) is 16.8 Å². The summed E-state index contributed by atoms with van der Waals surface area (Å²) in [4.78, 5) is 0. The molecule has 0 aliphatic rings. The second-order valence-corrected chi connectivity index (χ2v) is 9.51. The molecule has 0 unspecified atom stereocenters. The lowest BCUT2D eigenvalue weighted by Gasteiger charge is -2.12. The maximum atomic E-state index is 2.43. The van der Waals surface area contributed by atoms with E-state index in [1.54, 1.807) is 0 Å². The van der Waals surface area contributed by atoms with Gasteiger partial charge in [-0.1, -0.05) is 84.9 Å². The summed E-state index contributed by atoms with van der Waals surface area (Å²) in [6.45, 7) is 4.44. The molecule has 0 aliphatic heterocycles. The average Bonchev–Trinajstić information content (AvgIpc) is 3.22. The molecule has 0 spiro atoms. The molecule has 0 bridgehead atoms. The zero-order chi connectivity index (χ0) is 23.5. The second-order valence-electron chi connectivity index (χ2n) is 9.51. The third-order valence-electron chi connectivity index (χ3n) is 7.45. The van der Waals surface area contributed by atoms with Crippen LogP contribution in [0.5, 0.6) is 0 Å². The number of nitrogens with zero attached hydrogens (tertiary/aromatic N) is 1. The first-order chi connectivity index (χ1) is 17.2. The lowest BCUT2D eigenvalue weighted by atomic mass is 9.94. The second kappa shape index (κ2) is 7.58. The van der Waals surface area contributed by atoms with E-state index >= 15 is 0 Å². The van der Waals surface area contributed by atoms with E-state index in [0.717, 1.165) is 0 Å². The van der Waals surface area contributed by atoms with Crippen LogP contribution >= 0.6 is 0 Å². The van der Waals surface area contributed by atoms with Crippen LogP contribution in [0.4, 0.5) is 0 Å². The summed E-state index contributed by atoms with van der Waals surface area (Å²) in [6, 6.07) is 42.1. The highest BCUT2D eigenvalue weighted by atomic mass is 15.0. The van der Waals surface area contributed by atoms with Gasteiger partial charge >= 0.3 is 0 Å². The molecule has 0 fully saturated rings. The van der Waals surface area contributed by atoms with Crippen LogP contribution in [0.1, 0.15) is 11.1 Å². The molecule has 0 radical (unpaired) electrons. The van der Waals surface area contributed by atoms with Gasteiger partial charge in [0.1, 0.15) is 0 Å². The van der Waals surface area contributed by atoms with E-state index in [-0.39, 0.29) is 0 Å². The van der Waals surface area contributed by atoms with E-state index in [9.17, 15) is 0 Å². The molecule has 166 valence electrons. The van der Waals surface area contributed by atoms with E-state index in [2.05, 4.69) is 134 Å². The molecule has 7 aromatic rings. The maximum Gasteiger partial charge on any atom is 0.0547 e. The summed E-state index contributed by atoms with van der Waals surface area (Å²) < 4.78 is 2.43. The molecule has 0 saturated carbocycles. The van der Waals surface area contributed by atoms with Crippen LogP contribution in [0.3, 0.4) is 0 Å². The predicted molar refractivity (Wildman–Crippen MR) is 151 cm³/mol. The minimum absolute atomic E-state index is 1.19. The Bertz CT molecular complexity index is 1910. The topological polar surface area (TPSA) is 4.93 Å². The molecular weight excluding hydrogens is 422 g/mol. The average molecular weight is 448 g/mol. The van der Waals surface area contributed by atoms with E-state index < -0.39 is 0 Å². The van der Waals surface area contributed by atoms with Crippen LogP contribution in [0.25, 0.3) is 60.2 Å². The predicted octanol–water partition coefficient (Wildman–Crippen LogP) is 9.37. The number of para-hydroxylation sites is 1. The van der Waals surface area contributed by atoms with Crippen molar-refractivity contribution in [3.05, 3.63) is 126 Å². The fraction of sp³-hybridized carbons (Fsp3) is 0.0588. The molecule has 0 aliphatic carbocycles. The van der Waals surface area contributed by atoms with Crippen molar-refractivity contribution in [1.29, 1.82) is 0 Å². The number of hydrogen-bond donors (Lipinski definition) is 0. The Hall–Kier alpha value is -4.36. The molecule has 1 heteroatoms. The summed E-state index contributed by atoms with van der Waals surface area (Å²) in [6.07, 6.45) is 0. The van der Waals surface area contributed by atoms with E-state index in [0.29, 0.717) is 0 Å². The van der Waals surface area contributed by atoms with Gasteiger partial charge in [-0.05, 0) is 88.0 Å². The molecular formula is C34H25N. The molecule has 1 nitrogen and oxygen atoms in total. The van der Waals surface area contributed by atoms with Gasteiger partial charge in [0.15, 0.2) is 0 Å². The fourth-order valence-corrected chi connectivity index (χ4v) is 5.78. The zero-order valence-electron chi connectivity index (χ0n) is 19.9. The van der Waals surface area contributed by atoms with Crippen LogP contribution in [0.15, 0.2) is 115 Å². The summed E-state index contributed by atoms with van der Waals surface area (Å²) in [5.74, 6) is 0. The first-order valence-electron chi connectivity index (χ1n) is 12.2. The summed E-state index contributed by atoms with van der Waals surface area (Å²) in [5, 5.41) is 7.84. The summed E-state index contributed by atoms with van der Waals surface area (Å²) in [7, 11) is 0. The number of aromatic nitrogens is 1. The Morgan fingerprint density at radius 2 is 1.20 bits per heavy atom. The number of hydrogen-bond acceptors (Lipinski definition) is 0. The van der Waals surface area contributed by atoms with Crippen molar-refractivity contribution in [3.63, 3.8) is 0 Å². The first-order valence-corrected chi connectivity index (χ1v) is 12.2. The van der Waals surface area contributed by atoms with E-state index in [1.807, 2.05) is 0 Å². The molecule has 0 amide bonds. The lowest BCUT2D eigenvalue weighted by Crippen LogP contribution is -1.94. The van der Waals surface area contributed by atoms with Crippen LogP contribution in [0, 0.1) is 13.8 Å². The minimum Gasteiger partial charge on any atom is -0.309 e. The quantitative estimate of drug-likeness (QED) is 0.233. The molecule has 0 saturated heterocycles. The van der Waals surface area contributed by atoms with Gasteiger partial charge in [0.25, 0.3) is 0 Å². The lowest BCUT2D eigenvalue weighted by molar-refractivity contribution is 1.18. The SMILES string of the molecule is Cc1ccccc1-c1cc2c(cc1C)c1c3ccc4ccccc4c3ccc1n2-c1ccccc1. The van der Waals surface area contributed by atoms with Crippen molar-refractivity contribution >= 4 is 43.4 Å². The third-order valence-corrected chi connectivity index (χ3v) is 7.45. The zero-order valence-corrected chi connectivity index (χ0v) is 19.9. The Morgan fingerprint density at radius 3 is 2.06 bits per heavy atom. The van der Waals surface area contributed by atoms with Crippen molar-refractivity contribution in [2.24, 2.45) is 0 Å². The molecule has 7 rings (SSSR count). The van der Waals surface area contributed by atoms with Gasteiger partial charge in [-0.3, -0.25) is 0 Å². The fourth-order valence-electron chi connectivity index (χ4n) is 5.78. The normalized spacial score (nSPS) is 11.7. The Kier molecular flexibility index (Phi) is 4.34. The molecule has 35 heavy (non-hydrogen) atoms. The van der Waals surface area contributed by atoms with Gasteiger partial charge in [0, 0.05) is 16.5 Å². The van der Waals surface area contributed by atoms with Crippen LogP contribution in [-0.4, -0.2) is 4.57 Å². The Balaban J connectivity index is 1.68.